The van der Waals surface area contributed by atoms with Crippen LogP contribution in [0.15, 0.2) is 52.0 Å². The number of halogens is 1. The van der Waals surface area contributed by atoms with Crippen molar-refractivity contribution in [2.45, 2.75) is 4.90 Å². The number of anilines is 1. The van der Waals surface area contributed by atoms with E-state index in [0.717, 1.165) is 4.47 Å². The number of hydrogen-bond donors (Lipinski definition) is 1. The van der Waals surface area contributed by atoms with Crippen LogP contribution in [0.25, 0.3) is 0 Å². The Balaban J connectivity index is 2.26. The Hall–Kier alpha value is -1.91. The fraction of sp³-hybridized carbons (Fsp3) is 0. The molecule has 0 amide bonds. The predicted molar refractivity (Wildman–Crippen MR) is 73.9 cm³/mol. The lowest BCUT2D eigenvalue weighted by Gasteiger charge is -2.07. The number of hydrogen-bond acceptors (Lipinski definition) is 4. The molecule has 0 atom stereocenters. The minimum absolute atomic E-state index is 0.141. The van der Waals surface area contributed by atoms with Gasteiger partial charge in [0.15, 0.2) is 0 Å². The minimum atomic E-state index is -3.67. The molecule has 19 heavy (non-hydrogen) atoms. The molecule has 0 radical (unpaired) electrons. The number of nitriles is 1. The van der Waals surface area contributed by atoms with Crippen LogP contribution in [0.1, 0.15) is 5.56 Å². The van der Waals surface area contributed by atoms with Gasteiger partial charge in [0.25, 0.3) is 10.0 Å². The Morgan fingerprint density at radius 1 is 1.16 bits per heavy atom. The standard InChI is InChI=1S/C12H8BrN3O2S/c13-10-2-4-11(5-3-10)19(17,18)16-12-6-1-9(7-14)8-15-12/h1-6,8H,(H,15,16). The summed E-state index contributed by atoms with van der Waals surface area (Å²) in [6.45, 7) is 0. The topological polar surface area (TPSA) is 82.9 Å². The number of nitrogens with one attached hydrogen (secondary N) is 1. The summed E-state index contributed by atoms with van der Waals surface area (Å²) >= 11 is 3.24. The molecule has 0 saturated carbocycles. The van der Waals surface area contributed by atoms with Crippen LogP contribution < -0.4 is 4.72 Å². The summed E-state index contributed by atoms with van der Waals surface area (Å²) in [6.07, 6.45) is 1.30. The lowest BCUT2D eigenvalue weighted by atomic mass is 10.3. The van der Waals surface area contributed by atoms with Gasteiger partial charge in [0.2, 0.25) is 0 Å². The molecule has 0 aliphatic heterocycles. The molecule has 0 fully saturated rings. The number of sulfonamides is 1. The van der Waals surface area contributed by atoms with Gasteiger partial charge in [-0.3, -0.25) is 4.72 Å². The maximum atomic E-state index is 12.0. The summed E-state index contributed by atoms with van der Waals surface area (Å²) < 4.78 is 27.2. The maximum absolute atomic E-state index is 12.0. The van der Waals surface area contributed by atoms with E-state index < -0.39 is 10.0 Å². The second-order valence-electron chi connectivity index (χ2n) is 3.60. The van der Waals surface area contributed by atoms with E-state index in [9.17, 15) is 8.42 Å². The molecule has 5 nitrogen and oxygen atoms in total. The predicted octanol–water partition coefficient (Wildman–Crippen LogP) is 2.52. The van der Waals surface area contributed by atoms with E-state index in [1.165, 1.54) is 30.5 Å². The van der Waals surface area contributed by atoms with Gasteiger partial charge in [0.1, 0.15) is 11.9 Å². The Bertz CT molecular complexity index is 719. The third kappa shape index (κ3) is 3.30. The van der Waals surface area contributed by atoms with Gasteiger partial charge in [-0.05, 0) is 36.4 Å². The van der Waals surface area contributed by atoms with Gasteiger partial charge in [-0.25, -0.2) is 13.4 Å². The Labute approximate surface area is 119 Å². The van der Waals surface area contributed by atoms with Crippen molar-refractivity contribution in [1.29, 1.82) is 5.26 Å². The quantitative estimate of drug-likeness (QED) is 0.932. The molecule has 0 aliphatic carbocycles. The van der Waals surface area contributed by atoms with E-state index in [-0.39, 0.29) is 10.7 Å². The van der Waals surface area contributed by atoms with Crippen molar-refractivity contribution in [2.24, 2.45) is 0 Å². The fourth-order valence-electron chi connectivity index (χ4n) is 1.33. The van der Waals surface area contributed by atoms with E-state index >= 15 is 0 Å². The van der Waals surface area contributed by atoms with Crippen molar-refractivity contribution in [2.75, 3.05) is 4.72 Å². The third-order valence-electron chi connectivity index (χ3n) is 2.26. The highest BCUT2D eigenvalue weighted by molar-refractivity contribution is 9.10. The second kappa shape index (κ2) is 5.38. The molecule has 0 spiro atoms. The van der Waals surface area contributed by atoms with Crippen LogP contribution in [0.4, 0.5) is 5.82 Å². The highest BCUT2D eigenvalue weighted by Crippen LogP contribution is 2.17. The first-order valence-corrected chi connectivity index (χ1v) is 7.43. The van der Waals surface area contributed by atoms with Crippen LogP contribution in [0, 0.1) is 11.3 Å². The molecule has 96 valence electrons. The highest BCUT2D eigenvalue weighted by atomic mass is 79.9. The van der Waals surface area contributed by atoms with Crippen molar-refractivity contribution in [1.82, 2.24) is 4.98 Å². The summed E-state index contributed by atoms with van der Waals surface area (Å²) in [7, 11) is -3.67. The van der Waals surface area contributed by atoms with Crippen molar-refractivity contribution < 1.29 is 8.42 Å². The fourth-order valence-corrected chi connectivity index (χ4v) is 2.60. The Kier molecular flexibility index (Phi) is 3.83. The average Bonchev–Trinajstić information content (AvgIpc) is 2.40. The first kappa shape index (κ1) is 13.5. The summed E-state index contributed by atoms with van der Waals surface area (Å²) in [4.78, 5) is 4.00. The van der Waals surface area contributed by atoms with Gasteiger partial charge >= 0.3 is 0 Å². The smallest absolute Gasteiger partial charge is 0.263 e. The zero-order valence-corrected chi connectivity index (χ0v) is 11.9. The summed E-state index contributed by atoms with van der Waals surface area (Å²) in [5, 5.41) is 8.63. The van der Waals surface area contributed by atoms with Gasteiger partial charge < -0.3 is 0 Å². The van der Waals surface area contributed by atoms with E-state index in [0.29, 0.717) is 5.56 Å². The van der Waals surface area contributed by atoms with Crippen LogP contribution >= 0.6 is 15.9 Å². The number of benzene rings is 1. The lowest BCUT2D eigenvalue weighted by Crippen LogP contribution is -2.13. The van der Waals surface area contributed by atoms with E-state index in [4.69, 9.17) is 5.26 Å². The van der Waals surface area contributed by atoms with Crippen LogP contribution in [0.2, 0.25) is 0 Å². The highest BCUT2D eigenvalue weighted by Gasteiger charge is 2.14. The second-order valence-corrected chi connectivity index (χ2v) is 6.20. The van der Waals surface area contributed by atoms with Crippen molar-refractivity contribution >= 4 is 31.8 Å². The van der Waals surface area contributed by atoms with Crippen LogP contribution in [0.3, 0.4) is 0 Å². The summed E-state index contributed by atoms with van der Waals surface area (Å²) in [6, 6.07) is 11.1. The van der Waals surface area contributed by atoms with Gasteiger partial charge in [-0.1, -0.05) is 15.9 Å². The number of rotatable bonds is 3. The molecule has 1 aromatic carbocycles. The lowest BCUT2D eigenvalue weighted by molar-refractivity contribution is 0.601. The number of pyridine rings is 1. The molecule has 0 saturated heterocycles. The molecule has 1 aromatic heterocycles. The molecule has 0 aliphatic rings. The van der Waals surface area contributed by atoms with Crippen molar-refractivity contribution in [3.8, 4) is 6.07 Å². The zero-order valence-electron chi connectivity index (χ0n) is 9.54. The van der Waals surface area contributed by atoms with Crippen LogP contribution in [-0.4, -0.2) is 13.4 Å². The molecular weight excluding hydrogens is 330 g/mol. The van der Waals surface area contributed by atoms with E-state index in [1.54, 1.807) is 12.1 Å². The SMILES string of the molecule is N#Cc1ccc(NS(=O)(=O)c2ccc(Br)cc2)nc1. The van der Waals surface area contributed by atoms with Gasteiger partial charge in [-0.15, -0.1) is 0 Å². The molecule has 2 rings (SSSR count). The maximum Gasteiger partial charge on any atom is 0.263 e. The third-order valence-corrected chi connectivity index (χ3v) is 4.15. The zero-order chi connectivity index (χ0) is 13.9. The largest absolute Gasteiger partial charge is 0.263 e. The van der Waals surface area contributed by atoms with Gasteiger partial charge in [0.05, 0.1) is 10.5 Å². The minimum Gasteiger partial charge on any atom is -0.263 e. The Morgan fingerprint density at radius 3 is 2.37 bits per heavy atom. The first-order chi connectivity index (χ1) is 9.01. The first-order valence-electron chi connectivity index (χ1n) is 5.16. The molecule has 2 aromatic rings. The van der Waals surface area contributed by atoms with Gasteiger partial charge in [-0.2, -0.15) is 5.26 Å². The number of aromatic nitrogens is 1. The molecular formula is C12H8BrN3O2S. The molecule has 0 bridgehead atoms. The van der Waals surface area contributed by atoms with Crippen LogP contribution in [-0.2, 0) is 10.0 Å². The van der Waals surface area contributed by atoms with Gasteiger partial charge in [0, 0.05) is 10.7 Å². The van der Waals surface area contributed by atoms with E-state index in [1.807, 2.05) is 6.07 Å². The van der Waals surface area contributed by atoms with Crippen molar-refractivity contribution in [3.63, 3.8) is 0 Å². The normalized spacial score (nSPS) is 10.7. The Morgan fingerprint density at radius 2 is 1.84 bits per heavy atom. The number of nitrogens with zero attached hydrogens (tertiary/aromatic N) is 2. The average molecular weight is 338 g/mol. The van der Waals surface area contributed by atoms with Crippen molar-refractivity contribution in [3.05, 3.63) is 52.6 Å². The molecule has 0 unspecified atom stereocenters. The summed E-state index contributed by atoms with van der Waals surface area (Å²) in [5.74, 6) is 0.168. The van der Waals surface area contributed by atoms with Crippen LogP contribution in [0.5, 0.6) is 0 Å². The molecule has 7 heteroatoms. The summed E-state index contributed by atoms with van der Waals surface area (Å²) in [5.41, 5.74) is 0.367. The monoisotopic (exact) mass is 337 g/mol. The van der Waals surface area contributed by atoms with E-state index in [2.05, 4.69) is 25.6 Å². The molecule has 1 heterocycles. The molecule has 1 N–H and O–H groups in total.